The van der Waals surface area contributed by atoms with Gasteiger partial charge in [0.05, 0.1) is 22.6 Å². The molecule has 3 aliphatic rings. The molecule has 3 aromatic rings. The smallest absolute Gasteiger partial charge is 0.156 e. The first-order valence-corrected chi connectivity index (χ1v) is 15.2. The summed E-state index contributed by atoms with van der Waals surface area (Å²) in [6.45, 7) is 7.94. The Kier molecular flexibility index (Phi) is 9.55. The highest BCUT2D eigenvalue weighted by molar-refractivity contribution is 5.91. The van der Waals surface area contributed by atoms with E-state index in [-0.39, 0.29) is 0 Å². The van der Waals surface area contributed by atoms with Gasteiger partial charge >= 0.3 is 0 Å². The maximum atomic E-state index is 5.09. The molecule has 1 aromatic carbocycles. The third-order valence-corrected chi connectivity index (χ3v) is 7.60. The van der Waals surface area contributed by atoms with E-state index in [0.717, 1.165) is 66.2 Å². The summed E-state index contributed by atoms with van der Waals surface area (Å²) in [5, 5.41) is 1.35. The second-order valence-electron chi connectivity index (χ2n) is 10.1. The lowest BCUT2D eigenvalue weighted by Gasteiger charge is -2.12. The van der Waals surface area contributed by atoms with Crippen molar-refractivity contribution in [2.45, 2.75) is 59.8 Å². The molecular formula is C38H40N4. The first kappa shape index (κ1) is 28.9. The van der Waals surface area contributed by atoms with Crippen molar-refractivity contribution in [1.29, 1.82) is 0 Å². The Morgan fingerprint density at radius 2 is 1.71 bits per heavy atom. The summed E-state index contributed by atoms with van der Waals surface area (Å²) in [5.74, 6) is 0.752. The van der Waals surface area contributed by atoms with Gasteiger partial charge in [-0.25, -0.2) is 9.97 Å². The number of hydrogen-bond donors (Lipinski definition) is 0. The van der Waals surface area contributed by atoms with E-state index in [1.807, 2.05) is 46.1 Å². The van der Waals surface area contributed by atoms with Crippen molar-refractivity contribution in [1.82, 2.24) is 14.5 Å². The topological polar surface area (TPSA) is 43.1 Å². The van der Waals surface area contributed by atoms with Gasteiger partial charge in [-0.15, -0.1) is 0 Å². The quantitative estimate of drug-likeness (QED) is 0.234. The lowest BCUT2D eigenvalue weighted by atomic mass is 10.1. The van der Waals surface area contributed by atoms with Gasteiger partial charge in [0.25, 0.3) is 0 Å². The van der Waals surface area contributed by atoms with Gasteiger partial charge in [0.15, 0.2) is 5.82 Å². The third kappa shape index (κ3) is 6.03. The van der Waals surface area contributed by atoms with Crippen LogP contribution >= 0.6 is 0 Å². The number of para-hydroxylation sites is 1. The van der Waals surface area contributed by atoms with E-state index in [1.54, 1.807) is 0 Å². The molecule has 0 unspecified atom stereocenters. The zero-order valence-corrected chi connectivity index (χ0v) is 25.2. The number of aromatic nitrogens is 3. The lowest BCUT2D eigenvalue weighted by molar-refractivity contribution is 0.909. The van der Waals surface area contributed by atoms with Crippen molar-refractivity contribution in [2.75, 3.05) is 0 Å². The predicted molar refractivity (Wildman–Crippen MR) is 181 cm³/mol. The molecule has 0 bridgehead atoms. The molecule has 0 radical (unpaired) electrons. The van der Waals surface area contributed by atoms with Crippen molar-refractivity contribution >= 4 is 39.7 Å². The van der Waals surface area contributed by atoms with Crippen LogP contribution in [0.2, 0.25) is 0 Å². The van der Waals surface area contributed by atoms with Crippen LogP contribution in [0.5, 0.6) is 0 Å². The average Bonchev–Trinajstić information content (AvgIpc) is 3.42. The molecule has 0 saturated heterocycles. The van der Waals surface area contributed by atoms with E-state index in [2.05, 4.69) is 101 Å². The van der Waals surface area contributed by atoms with Crippen molar-refractivity contribution in [3.8, 4) is 0 Å². The molecule has 0 saturated carbocycles. The normalized spacial score (nSPS) is 16.7. The third-order valence-electron chi connectivity index (χ3n) is 7.60. The number of allylic oxidation sites excluding steroid dienone is 15. The summed E-state index contributed by atoms with van der Waals surface area (Å²) in [4.78, 5) is 14.6. The molecule has 42 heavy (non-hydrogen) atoms. The van der Waals surface area contributed by atoms with Crippen LogP contribution in [0.4, 0.5) is 0 Å². The second kappa shape index (κ2) is 13.9. The lowest BCUT2D eigenvalue weighted by Crippen LogP contribution is -2.03. The molecule has 0 aliphatic heterocycles. The van der Waals surface area contributed by atoms with Gasteiger partial charge < -0.3 is 4.57 Å². The van der Waals surface area contributed by atoms with Crippen molar-refractivity contribution in [2.24, 2.45) is 4.99 Å². The molecule has 0 atom stereocenters. The monoisotopic (exact) mass is 552 g/mol. The van der Waals surface area contributed by atoms with Crippen molar-refractivity contribution < 1.29 is 0 Å². The summed E-state index contributed by atoms with van der Waals surface area (Å²) in [6.07, 6.45) is 32.6. The Hall–Kier alpha value is -4.57. The highest BCUT2D eigenvalue weighted by Crippen LogP contribution is 2.34. The largest absolute Gasteiger partial charge is 0.313 e. The van der Waals surface area contributed by atoms with Crippen molar-refractivity contribution in [3.05, 3.63) is 132 Å². The van der Waals surface area contributed by atoms with Crippen LogP contribution < -0.4 is 0 Å². The van der Waals surface area contributed by atoms with Gasteiger partial charge in [0, 0.05) is 28.6 Å². The van der Waals surface area contributed by atoms with Crippen LogP contribution in [0.1, 0.15) is 75.4 Å². The Balaban J connectivity index is 0.00000173. The molecular weight excluding hydrogens is 512 g/mol. The van der Waals surface area contributed by atoms with E-state index in [0.29, 0.717) is 0 Å². The van der Waals surface area contributed by atoms with Gasteiger partial charge in [-0.2, -0.15) is 0 Å². The highest BCUT2D eigenvalue weighted by Gasteiger charge is 2.19. The van der Waals surface area contributed by atoms with E-state index in [4.69, 9.17) is 9.97 Å². The van der Waals surface area contributed by atoms with Crippen LogP contribution in [-0.2, 0) is 12.8 Å². The molecule has 4 nitrogen and oxygen atoms in total. The molecule has 0 fully saturated rings. The first-order valence-electron chi connectivity index (χ1n) is 15.2. The fourth-order valence-electron chi connectivity index (χ4n) is 5.70. The number of fused-ring (bicyclic) bond motifs is 3. The number of rotatable bonds is 5. The van der Waals surface area contributed by atoms with E-state index < -0.39 is 0 Å². The molecule has 0 amide bonds. The summed E-state index contributed by atoms with van der Waals surface area (Å²) < 4.78 is 2.47. The zero-order chi connectivity index (χ0) is 29.3. The molecule has 2 aromatic heterocycles. The fraction of sp³-hybridized carbons (Fsp3) is 0.237. The highest BCUT2D eigenvalue weighted by atomic mass is 15.0. The van der Waals surface area contributed by atoms with Crippen LogP contribution in [0.25, 0.3) is 33.4 Å². The van der Waals surface area contributed by atoms with Gasteiger partial charge in [0.2, 0.25) is 0 Å². The number of benzene rings is 1. The zero-order valence-electron chi connectivity index (χ0n) is 25.2. The second-order valence-corrected chi connectivity index (χ2v) is 10.1. The van der Waals surface area contributed by atoms with Crippen LogP contribution in [0.15, 0.2) is 108 Å². The number of hydrogen-bond acceptors (Lipinski definition) is 3. The number of aliphatic imine (C=N–C) groups is 1. The molecule has 0 spiro atoms. The Bertz CT molecular complexity index is 1730. The van der Waals surface area contributed by atoms with Crippen LogP contribution in [0, 0.1) is 0 Å². The Morgan fingerprint density at radius 3 is 2.57 bits per heavy atom. The maximum absolute atomic E-state index is 5.09. The van der Waals surface area contributed by atoms with Gasteiger partial charge in [-0.1, -0.05) is 92.8 Å². The van der Waals surface area contributed by atoms with E-state index >= 15 is 0 Å². The molecule has 2 heterocycles. The molecule has 3 aliphatic carbocycles. The maximum Gasteiger partial charge on any atom is 0.156 e. The van der Waals surface area contributed by atoms with Gasteiger partial charge in [-0.3, -0.25) is 4.99 Å². The SMILES string of the molecule is CC.CC=N/C(=C\C)c1cc(C2=CC=C(n3c4c(c5ccccc53)CC=CCC4)C=CC2)nc(C2=CC=CC=CC2)n1. The standard InChI is InChI=1S/C36H34N4.C2H6/c1-3-31(37-4-2)33-25-32(38-36(39-33)27-15-8-5-6-9-16-27)26-17-14-18-28(24-23-26)40-34-21-11-7-10-19-29(34)30-20-12-13-22-35(30)40;1-2/h3-10,12-15,18,20,22-25H,11,16-17,19,21H2,1-2H3;1-2H3/b31-3-,37-4?;. The molecule has 6 rings (SSSR count). The van der Waals surface area contributed by atoms with Crippen molar-refractivity contribution in [3.63, 3.8) is 0 Å². The minimum absolute atomic E-state index is 0.752. The summed E-state index contributed by atoms with van der Waals surface area (Å²) in [6, 6.07) is 10.9. The van der Waals surface area contributed by atoms with E-state index in [1.165, 1.54) is 27.9 Å². The summed E-state index contributed by atoms with van der Waals surface area (Å²) >= 11 is 0. The van der Waals surface area contributed by atoms with Gasteiger partial charge in [0.1, 0.15) is 0 Å². The minimum Gasteiger partial charge on any atom is -0.313 e. The van der Waals surface area contributed by atoms with Crippen LogP contribution in [-0.4, -0.2) is 20.7 Å². The molecule has 4 heteroatoms. The summed E-state index contributed by atoms with van der Waals surface area (Å²) in [7, 11) is 0. The van der Waals surface area contributed by atoms with Gasteiger partial charge in [-0.05, 0) is 81.4 Å². The molecule has 212 valence electrons. The molecule has 0 N–H and O–H groups in total. The summed E-state index contributed by atoms with van der Waals surface area (Å²) in [5.41, 5.74) is 10.2. The average molecular weight is 553 g/mol. The fourth-order valence-corrected chi connectivity index (χ4v) is 5.70. The first-order chi connectivity index (χ1) is 20.8. The Morgan fingerprint density at radius 1 is 0.857 bits per heavy atom. The van der Waals surface area contributed by atoms with Crippen LogP contribution in [0.3, 0.4) is 0 Å². The predicted octanol–water partition coefficient (Wildman–Crippen LogP) is 9.74. The minimum atomic E-state index is 0.752. The number of nitrogens with zero attached hydrogens (tertiary/aromatic N) is 4. The Labute approximate surface area is 250 Å². The van der Waals surface area contributed by atoms with E-state index in [9.17, 15) is 0 Å².